The fraction of sp³-hybridized carbons (Fsp3) is 0.346. The molecule has 236 valence electrons. The molecule has 1 fully saturated rings. The van der Waals surface area contributed by atoms with Gasteiger partial charge in [-0.25, -0.2) is 22.6 Å². The van der Waals surface area contributed by atoms with Crippen LogP contribution in [0.15, 0.2) is 64.8 Å². The number of amides is 1. The zero-order chi connectivity index (χ0) is 32.1. The number of nitrogens with zero attached hydrogens (tertiary/aromatic N) is 5. The second-order valence-corrected chi connectivity index (χ2v) is 11.1. The van der Waals surface area contributed by atoms with Gasteiger partial charge in [0.25, 0.3) is 16.8 Å². The molecular weight excluding hydrogens is 613 g/mol. The first-order chi connectivity index (χ1) is 20.8. The van der Waals surface area contributed by atoms with Gasteiger partial charge in [-0.05, 0) is 50.6 Å². The summed E-state index contributed by atoms with van der Waals surface area (Å²) < 4.78 is 78.3. The van der Waals surface area contributed by atoms with Crippen LogP contribution in [-0.2, 0) is 35.3 Å². The van der Waals surface area contributed by atoms with E-state index in [1.54, 1.807) is 31.2 Å². The predicted molar refractivity (Wildman–Crippen MR) is 144 cm³/mol. The number of hydrogen-bond acceptors (Lipinski definition) is 10. The maximum Gasteiger partial charge on any atom is 0.511 e. The first kappa shape index (κ1) is 32.1. The Morgan fingerprint density at radius 2 is 1.82 bits per heavy atom. The molecule has 0 saturated carbocycles. The summed E-state index contributed by atoms with van der Waals surface area (Å²) >= 11 is 0. The molecule has 0 bridgehead atoms. The van der Waals surface area contributed by atoms with Crippen LogP contribution >= 0.6 is 0 Å². The molecule has 44 heavy (non-hydrogen) atoms. The number of carbonyl (C=O) groups excluding carboxylic acids is 2. The number of aromatic nitrogens is 2. The van der Waals surface area contributed by atoms with Crippen LogP contribution in [0.2, 0.25) is 0 Å². The Bertz CT molecular complexity index is 1630. The third kappa shape index (κ3) is 7.74. The lowest BCUT2D eigenvalue weighted by Gasteiger charge is -2.13. The zero-order valence-corrected chi connectivity index (χ0v) is 24.2. The second-order valence-electron chi connectivity index (χ2n) is 9.46. The fourth-order valence-electron chi connectivity index (χ4n) is 4.16. The molecule has 18 heteroatoms. The SMILES string of the molecule is CCOC(=O)OCON=[N+]([O-])N1CCC(C(=O)NS(=O)(=O)c2ccc(-n3nc(C(F)(F)F)cc3-c3ccc(C)cc3)cc2)C1. The molecule has 1 aromatic heterocycles. The summed E-state index contributed by atoms with van der Waals surface area (Å²) in [5.74, 6) is -1.77. The van der Waals surface area contributed by atoms with E-state index in [0.717, 1.165) is 33.5 Å². The quantitative estimate of drug-likeness (QED) is 0.0856. The number of aryl methyl sites for hydroxylation is 1. The Kier molecular flexibility index (Phi) is 9.61. The van der Waals surface area contributed by atoms with Crippen molar-refractivity contribution in [2.75, 3.05) is 26.5 Å². The van der Waals surface area contributed by atoms with Crippen LogP contribution in [0.5, 0.6) is 0 Å². The summed E-state index contributed by atoms with van der Waals surface area (Å²) in [6.45, 7) is 2.65. The summed E-state index contributed by atoms with van der Waals surface area (Å²) in [5.41, 5.74) is 0.549. The van der Waals surface area contributed by atoms with Crippen molar-refractivity contribution in [2.45, 2.75) is 31.3 Å². The van der Waals surface area contributed by atoms with Crippen molar-refractivity contribution in [2.24, 2.45) is 11.2 Å². The minimum Gasteiger partial charge on any atom is -0.569 e. The lowest BCUT2D eigenvalue weighted by molar-refractivity contribution is -0.708. The van der Waals surface area contributed by atoms with Gasteiger partial charge in [-0.2, -0.15) is 18.3 Å². The Balaban J connectivity index is 1.42. The number of hydrogen-bond donors (Lipinski definition) is 1. The molecule has 0 aliphatic carbocycles. The lowest BCUT2D eigenvalue weighted by Crippen LogP contribution is -2.37. The monoisotopic (exact) mass is 640 g/mol. The normalized spacial score (nSPS) is 15.6. The second kappa shape index (κ2) is 13.2. The van der Waals surface area contributed by atoms with Gasteiger partial charge >= 0.3 is 12.3 Å². The Hall–Kier alpha value is -4.87. The number of halogens is 3. The Morgan fingerprint density at radius 3 is 2.45 bits per heavy atom. The summed E-state index contributed by atoms with van der Waals surface area (Å²) in [6, 6.07) is 12.5. The van der Waals surface area contributed by atoms with Crippen molar-refractivity contribution >= 4 is 22.1 Å². The van der Waals surface area contributed by atoms with Crippen LogP contribution in [0.4, 0.5) is 18.0 Å². The van der Waals surface area contributed by atoms with E-state index in [0.29, 0.717) is 5.56 Å². The van der Waals surface area contributed by atoms with Gasteiger partial charge in [0.05, 0.1) is 46.9 Å². The van der Waals surface area contributed by atoms with Gasteiger partial charge in [-0.1, -0.05) is 29.8 Å². The summed E-state index contributed by atoms with van der Waals surface area (Å²) in [7, 11) is -4.38. The van der Waals surface area contributed by atoms with E-state index < -0.39 is 46.7 Å². The van der Waals surface area contributed by atoms with Crippen LogP contribution in [-0.4, -0.2) is 66.7 Å². The van der Waals surface area contributed by atoms with Gasteiger partial charge < -0.3 is 19.5 Å². The van der Waals surface area contributed by atoms with Gasteiger partial charge in [0.15, 0.2) is 5.69 Å². The molecule has 14 nitrogen and oxygen atoms in total. The van der Waals surface area contributed by atoms with Crippen molar-refractivity contribution in [1.29, 1.82) is 0 Å². The molecule has 4 rings (SSSR count). The largest absolute Gasteiger partial charge is 0.569 e. The standard InChI is InChI=1S/C26H27F3N6O8S/c1-3-41-25(37)42-16-43-32-35(38)33-13-12-19(15-33)24(36)31-44(39,40)21-10-8-20(9-11-21)34-22(14-23(30-34)26(27,28)29)18-6-4-17(2)5-7-18/h4-11,14,19H,3,12-13,15-16H2,1-2H3,(H,31,36). The maximum atomic E-state index is 13.5. The number of sulfonamides is 1. The first-order valence-electron chi connectivity index (χ1n) is 13.0. The smallest absolute Gasteiger partial charge is 0.511 e. The van der Waals surface area contributed by atoms with Crippen LogP contribution < -0.4 is 4.72 Å². The maximum absolute atomic E-state index is 13.5. The van der Waals surface area contributed by atoms with E-state index in [-0.39, 0.29) is 47.4 Å². The van der Waals surface area contributed by atoms with E-state index in [2.05, 4.69) is 24.7 Å². The molecule has 1 amide bonds. The molecule has 1 unspecified atom stereocenters. The highest BCUT2D eigenvalue weighted by atomic mass is 32.2. The van der Waals surface area contributed by atoms with Crippen molar-refractivity contribution < 1.29 is 50.5 Å². The van der Waals surface area contributed by atoms with Gasteiger partial charge in [0.1, 0.15) is 0 Å². The molecule has 3 aromatic rings. The number of benzene rings is 2. The fourth-order valence-corrected chi connectivity index (χ4v) is 5.20. The highest BCUT2D eigenvalue weighted by Crippen LogP contribution is 2.33. The van der Waals surface area contributed by atoms with Crippen molar-refractivity contribution in [3.8, 4) is 16.9 Å². The van der Waals surface area contributed by atoms with E-state index in [4.69, 9.17) is 0 Å². The van der Waals surface area contributed by atoms with Gasteiger partial charge in [0, 0.05) is 5.56 Å². The Labute approximate surface area is 249 Å². The van der Waals surface area contributed by atoms with Crippen LogP contribution in [0.1, 0.15) is 24.6 Å². The molecule has 1 atom stereocenters. The molecule has 0 radical (unpaired) electrons. The molecule has 1 saturated heterocycles. The minimum atomic E-state index is -4.71. The molecule has 2 heterocycles. The molecule has 1 aliphatic rings. The number of ether oxygens (including phenoxy) is 2. The van der Waals surface area contributed by atoms with Gasteiger partial charge in [0.2, 0.25) is 11.2 Å². The third-order valence-corrected chi connectivity index (χ3v) is 7.74. The Morgan fingerprint density at radius 1 is 1.14 bits per heavy atom. The van der Waals surface area contributed by atoms with E-state index in [1.165, 1.54) is 12.1 Å². The zero-order valence-electron chi connectivity index (χ0n) is 23.4. The number of rotatable bonds is 10. The van der Waals surface area contributed by atoms with E-state index in [9.17, 15) is 36.4 Å². The summed E-state index contributed by atoms with van der Waals surface area (Å²) in [5, 5.41) is 20.0. The highest BCUT2D eigenvalue weighted by molar-refractivity contribution is 7.90. The highest BCUT2D eigenvalue weighted by Gasteiger charge is 2.36. The van der Waals surface area contributed by atoms with E-state index >= 15 is 0 Å². The number of nitrogens with one attached hydrogen (secondary N) is 1. The predicted octanol–water partition coefficient (Wildman–Crippen LogP) is 3.93. The van der Waals surface area contributed by atoms with Gasteiger partial charge in [-0.15, -0.1) is 5.01 Å². The van der Waals surface area contributed by atoms with Crippen LogP contribution in [0, 0.1) is 18.0 Å². The van der Waals surface area contributed by atoms with Crippen molar-refractivity contribution in [3.63, 3.8) is 0 Å². The minimum absolute atomic E-state index is 0.0410. The number of alkyl halides is 3. The van der Waals surface area contributed by atoms with Crippen molar-refractivity contribution in [1.82, 2.24) is 19.5 Å². The van der Waals surface area contributed by atoms with Gasteiger partial charge in [-0.3, -0.25) is 4.79 Å². The average Bonchev–Trinajstić information content (AvgIpc) is 3.65. The molecular formula is C26H27F3N6O8S. The van der Waals surface area contributed by atoms with Crippen LogP contribution in [0.3, 0.4) is 0 Å². The molecule has 1 aliphatic heterocycles. The molecule has 0 spiro atoms. The number of carbonyl (C=O) groups is 2. The average molecular weight is 641 g/mol. The molecule has 1 N–H and O–H groups in total. The summed E-state index contributed by atoms with van der Waals surface area (Å²) in [6.07, 6.45) is -5.61. The number of hydrazine groups is 1. The first-order valence-corrected chi connectivity index (χ1v) is 14.5. The third-order valence-electron chi connectivity index (χ3n) is 6.37. The van der Waals surface area contributed by atoms with Crippen LogP contribution in [0.25, 0.3) is 16.9 Å². The summed E-state index contributed by atoms with van der Waals surface area (Å²) in [4.78, 5) is 28.1. The topological polar surface area (TPSA) is 167 Å². The van der Waals surface area contributed by atoms with E-state index in [1.807, 2.05) is 11.6 Å². The molecule has 2 aromatic carbocycles. The lowest BCUT2D eigenvalue weighted by atomic mass is 10.1. The van der Waals surface area contributed by atoms with Crippen molar-refractivity contribution in [3.05, 3.63) is 71.1 Å².